The zero-order valence-electron chi connectivity index (χ0n) is 37.2. The van der Waals surface area contributed by atoms with E-state index in [4.69, 9.17) is 33.2 Å². The van der Waals surface area contributed by atoms with Gasteiger partial charge in [0.1, 0.15) is 12.2 Å². The molecule has 12 atom stereocenters. The number of carbonyl (C=O) groups is 4. The second-order valence-electron chi connectivity index (χ2n) is 18.8. The second kappa shape index (κ2) is 21.0. The van der Waals surface area contributed by atoms with Gasteiger partial charge in [0.15, 0.2) is 11.9 Å². The average Bonchev–Trinajstić information content (AvgIpc) is 3.13. The van der Waals surface area contributed by atoms with Crippen molar-refractivity contribution >= 4 is 23.9 Å². The third-order valence-corrected chi connectivity index (χ3v) is 12.8. The van der Waals surface area contributed by atoms with E-state index in [0.717, 1.165) is 25.7 Å². The Morgan fingerprint density at radius 3 is 2.28 bits per heavy atom. The fourth-order valence-electron chi connectivity index (χ4n) is 9.01. The Labute approximate surface area is 355 Å². The minimum absolute atomic E-state index is 0.00652. The number of hydrogen-bond donors (Lipinski definition) is 4. The number of carbonyl (C=O) groups excluding carboxylic acids is 4. The number of rotatable bonds is 10. The molecule has 342 valence electrons. The lowest BCUT2D eigenvalue weighted by atomic mass is 9.70. The smallest absolute Gasteiger partial charge is 0.330 e. The van der Waals surface area contributed by atoms with Gasteiger partial charge in [-0.05, 0) is 44.1 Å². The van der Waals surface area contributed by atoms with E-state index >= 15 is 0 Å². The van der Waals surface area contributed by atoms with Crippen LogP contribution in [-0.4, -0.2) is 118 Å². The largest absolute Gasteiger partial charge is 0.466 e. The van der Waals surface area contributed by atoms with Crippen LogP contribution in [0.1, 0.15) is 145 Å². The van der Waals surface area contributed by atoms with E-state index in [-0.39, 0.29) is 50.0 Å². The van der Waals surface area contributed by atoms with Crippen molar-refractivity contribution in [3.8, 4) is 0 Å². The number of ether oxygens (including phenoxy) is 7. The molecule has 0 aromatic rings. The molecule has 0 amide bonds. The Hall–Kier alpha value is -2.92. The molecule has 60 heavy (non-hydrogen) atoms. The zero-order chi connectivity index (χ0) is 44.6. The molecule has 0 unspecified atom stereocenters. The average molecular weight is 853 g/mol. The number of cyclic esters (lactones) is 1. The van der Waals surface area contributed by atoms with Crippen molar-refractivity contribution < 1.29 is 72.8 Å². The van der Waals surface area contributed by atoms with Crippen molar-refractivity contribution in [2.75, 3.05) is 7.11 Å². The summed E-state index contributed by atoms with van der Waals surface area (Å²) in [7, 11) is 1.21. The lowest BCUT2D eigenvalue weighted by Gasteiger charge is -2.54. The van der Waals surface area contributed by atoms with E-state index in [9.17, 15) is 39.6 Å². The minimum Gasteiger partial charge on any atom is -0.466 e. The summed E-state index contributed by atoms with van der Waals surface area (Å²) >= 11 is 0. The molecule has 15 nitrogen and oxygen atoms in total. The Morgan fingerprint density at radius 1 is 0.933 bits per heavy atom. The molecule has 0 saturated carbocycles. The first-order valence-corrected chi connectivity index (χ1v) is 21.9. The van der Waals surface area contributed by atoms with Crippen LogP contribution in [0, 0.1) is 16.7 Å². The maximum absolute atomic E-state index is 13.5. The molecule has 15 heteroatoms. The van der Waals surface area contributed by atoms with Crippen molar-refractivity contribution in [3.05, 3.63) is 23.8 Å². The molecule has 4 N–H and O–H groups in total. The first-order chi connectivity index (χ1) is 28.0. The molecule has 0 aliphatic carbocycles. The van der Waals surface area contributed by atoms with Gasteiger partial charge in [0, 0.05) is 50.5 Å². The quantitative estimate of drug-likeness (QED) is 0.0725. The molecule has 4 heterocycles. The first kappa shape index (κ1) is 49.7. The van der Waals surface area contributed by atoms with Crippen molar-refractivity contribution in [2.45, 2.75) is 212 Å². The van der Waals surface area contributed by atoms with E-state index in [1.165, 1.54) is 27.0 Å². The molecule has 3 fully saturated rings. The third-order valence-electron chi connectivity index (χ3n) is 12.8. The highest BCUT2D eigenvalue weighted by molar-refractivity contribution is 5.83. The molecule has 4 aliphatic rings. The minimum atomic E-state index is -2.32. The lowest BCUT2D eigenvalue weighted by molar-refractivity contribution is -0.349. The standard InChI is InChI=1S/C45H72O15/c1-10-11-12-13-14-15-38(49)58-41-30(21-39(50)54-9)20-33-24-36(28(3)46)57-40(51)23-31(48)22-34-25-37(55-29(4)47)43(7,8)44(52,59-34)26-35-19-27(2)18-32(56-35)16-17-42(5,6)45(41,53)60-33/h16-17,21,27-28,31-37,41,46,48,52-53H,10-15,18-20,22-26H2,1-9H3/b17-16+,30-21+/t27-,28+,31+,32-,33-,34+,35-,36+,37-,41-,44-,45+/m0/s1. The van der Waals surface area contributed by atoms with E-state index in [1.54, 1.807) is 39.8 Å². The monoisotopic (exact) mass is 852 g/mol. The van der Waals surface area contributed by atoms with Crippen LogP contribution >= 0.6 is 0 Å². The van der Waals surface area contributed by atoms with Gasteiger partial charge in [0.2, 0.25) is 5.79 Å². The first-order valence-electron chi connectivity index (χ1n) is 21.9. The number of aliphatic hydroxyl groups excluding tert-OH is 2. The Bertz CT molecular complexity index is 1540. The number of unbranched alkanes of at least 4 members (excludes halogenated alkanes) is 4. The highest BCUT2D eigenvalue weighted by Crippen LogP contribution is 2.50. The highest BCUT2D eigenvalue weighted by Gasteiger charge is 2.59. The molecule has 4 rings (SSSR count). The summed E-state index contributed by atoms with van der Waals surface area (Å²) in [6.07, 6.45) is 0.917. The summed E-state index contributed by atoms with van der Waals surface area (Å²) in [4.78, 5) is 52.0. The molecule has 4 aliphatic heterocycles. The maximum atomic E-state index is 13.5. The van der Waals surface area contributed by atoms with E-state index in [1.807, 2.05) is 0 Å². The number of fused-ring (bicyclic) bond motifs is 6. The number of aliphatic hydroxyl groups is 4. The third kappa shape index (κ3) is 12.6. The van der Waals surface area contributed by atoms with Crippen LogP contribution in [-0.2, 0) is 52.3 Å². The van der Waals surface area contributed by atoms with Gasteiger partial charge < -0.3 is 53.6 Å². The normalized spacial score (nSPS) is 37.8. The molecular weight excluding hydrogens is 780 g/mol. The molecule has 0 radical (unpaired) electrons. The molecule has 0 aromatic heterocycles. The van der Waals surface area contributed by atoms with E-state index in [2.05, 4.69) is 13.8 Å². The van der Waals surface area contributed by atoms with Crippen LogP contribution in [0.2, 0.25) is 0 Å². The number of hydrogen-bond acceptors (Lipinski definition) is 15. The van der Waals surface area contributed by atoms with Crippen LogP contribution in [0.15, 0.2) is 23.8 Å². The lowest BCUT2D eigenvalue weighted by Crippen LogP contribution is -2.62. The van der Waals surface area contributed by atoms with Crippen LogP contribution in [0.4, 0.5) is 0 Å². The zero-order valence-corrected chi connectivity index (χ0v) is 37.2. The van der Waals surface area contributed by atoms with Gasteiger partial charge >= 0.3 is 23.9 Å². The van der Waals surface area contributed by atoms with Crippen LogP contribution in [0.5, 0.6) is 0 Å². The predicted octanol–water partition coefficient (Wildman–Crippen LogP) is 5.26. The van der Waals surface area contributed by atoms with Gasteiger partial charge in [-0.15, -0.1) is 0 Å². The topological polar surface area (TPSA) is 214 Å². The van der Waals surface area contributed by atoms with Crippen molar-refractivity contribution in [1.29, 1.82) is 0 Å². The summed E-state index contributed by atoms with van der Waals surface area (Å²) < 4.78 is 42.0. The van der Waals surface area contributed by atoms with Gasteiger partial charge in [-0.2, -0.15) is 0 Å². The van der Waals surface area contributed by atoms with Gasteiger partial charge in [0.25, 0.3) is 0 Å². The van der Waals surface area contributed by atoms with Gasteiger partial charge in [-0.1, -0.05) is 79.4 Å². The summed E-state index contributed by atoms with van der Waals surface area (Å²) in [6, 6.07) is 0. The number of esters is 4. The summed E-state index contributed by atoms with van der Waals surface area (Å²) in [5.74, 6) is -6.79. The van der Waals surface area contributed by atoms with Crippen molar-refractivity contribution in [3.63, 3.8) is 0 Å². The fourth-order valence-corrected chi connectivity index (χ4v) is 9.01. The highest BCUT2D eigenvalue weighted by atomic mass is 16.7. The Morgan fingerprint density at radius 2 is 1.63 bits per heavy atom. The molecule has 3 saturated heterocycles. The summed E-state index contributed by atoms with van der Waals surface area (Å²) in [5.41, 5.74) is -2.26. The van der Waals surface area contributed by atoms with E-state index in [0.29, 0.717) is 19.3 Å². The summed E-state index contributed by atoms with van der Waals surface area (Å²) in [6.45, 7) is 13.8. The van der Waals surface area contributed by atoms with Crippen LogP contribution < -0.4 is 0 Å². The van der Waals surface area contributed by atoms with Crippen molar-refractivity contribution in [1.82, 2.24) is 0 Å². The van der Waals surface area contributed by atoms with Crippen LogP contribution in [0.25, 0.3) is 0 Å². The summed E-state index contributed by atoms with van der Waals surface area (Å²) in [5, 5.41) is 47.3. The van der Waals surface area contributed by atoms with Crippen LogP contribution in [0.3, 0.4) is 0 Å². The van der Waals surface area contributed by atoms with E-state index < -0.39 is 108 Å². The SMILES string of the molecule is CCCCCCCC(=O)O[C@H]1/C(=C/C(=O)OC)C[C@H]2C[C@H]([C@@H](C)O)OC(=O)C[C@H](O)C[C@@H]3C[C@H](OC(C)=O)C(C)(C)[C@](O)(C[C@@H]4C[C@@H](C)C[C@H](/C=C/C(C)(C)[C@]1(O)O2)O4)O3. The fraction of sp³-hybridized carbons (Fsp3) is 0.822. The van der Waals surface area contributed by atoms with Gasteiger partial charge in [-0.25, -0.2) is 4.79 Å². The van der Waals surface area contributed by atoms with Gasteiger partial charge in [0.05, 0.1) is 55.6 Å². The molecular formula is C45H72O15. The predicted molar refractivity (Wildman–Crippen MR) is 218 cm³/mol. The van der Waals surface area contributed by atoms with Gasteiger partial charge in [-0.3, -0.25) is 14.4 Å². The number of methoxy groups -OCH3 is 1. The maximum Gasteiger partial charge on any atom is 0.330 e. The second-order valence-corrected chi connectivity index (χ2v) is 18.8. The van der Waals surface area contributed by atoms with Crippen molar-refractivity contribution in [2.24, 2.45) is 16.7 Å². The Kier molecular flexibility index (Phi) is 17.4. The molecule has 0 aromatic carbocycles. The molecule has 6 bridgehead atoms. The Balaban J connectivity index is 1.79. The molecule has 0 spiro atoms.